The molecule has 0 aromatic heterocycles. The van der Waals surface area contributed by atoms with Gasteiger partial charge < -0.3 is 10.2 Å². The first kappa shape index (κ1) is 8.04. The first-order valence-corrected chi connectivity index (χ1v) is 3.62. The fraction of sp³-hybridized carbons (Fsp3) is 0.714. The SMILES string of the molecule is CC(=O)NC1CCN([C]=O)C1. The molecule has 0 saturated carbocycles. The van der Waals surface area contributed by atoms with E-state index < -0.39 is 0 Å². The fourth-order valence-corrected chi connectivity index (χ4v) is 1.25. The molecule has 1 radical (unpaired) electrons. The van der Waals surface area contributed by atoms with Crippen LogP contribution in [0.25, 0.3) is 0 Å². The van der Waals surface area contributed by atoms with Gasteiger partial charge in [0.2, 0.25) is 5.91 Å². The van der Waals surface area contributed by atoms with Crippen LogP contribution in [0.2, 0.25) is 0 Å². The number of likely N-dealkylation sites (tertiary alicyclic amines) is 1. The van der Waals surface area contributed by atoms with Crippen LogP contribution in [0.1, 0.15) is 13.3 Å². The van der Waals surface area contributed by atoms with Crippen molar-refractivity contribution in [1.29, 1.82) is 0 Å². The van der Waals surface area contributed by atoms with Gasteiger partial charge in [-0.25, -0.2) is 0 Å². The largest absolute Gasteiger partial charge is 0.352 e. The highest BCUT2D eigenvalue weighted by atomic mass is 16.1. The molecule has 0 aromatic carbocycles. The van der Waals surface area contributed by atoms with Crippen LogP contribution in [0.5, 0.6) is 0 Å². The minimum atomic E-state index is -0.0391. The summed E-state index contributed by atoms with van der Waals surface area (Å²) in [7, 11) is 0. The minimum Gasteiger partial charge on any atom is -0.352 e. The van der Waals surface area contributed by atoms with Crippen LogP contribution in [0.15, 0.2) is 0 Å². The molecule has 1 aliphatic rings. The summed E-state index contributed by atoms with van der Waals surface area (Å²) in [6.07, 6.45) is 2.64. The lowest BCUT2D eigenvalue weighted by Gasteiger charge is -2.09. The summed E-state index contributed by atoms with van der Waals surface area (Å²) in [5, 5.41) is 2.75. The van der Waals surface area contributed by atoms with Gasteiger partial charge in [0.05, 0.1) is 0 Å². The number of nitrogens with one attached hydrogen (secondary N) is 1. The minimum absolute atomic E-state index is 0.0391. The summed E-state index contributed by atoms with van der Waals surface area (Å²) in [6.45, 7) is 2.78. The van der Waals surface area contributed by atoms with Crippen LogP contribution in [-0.2, 0) is 9.59 Å². The average Bonchev–Trinajstić information content (AvgIpc) is 2.34. The van der Waals surface area contributed by atoms with Gasteiger partial charge in [0, 0.05) is 26.1 Å². The summed E-state index contributed by atoms with van der Waals surface area (Å²) in [6, 6.07) is 0.133. The fourth-order valence-electron chi connectivity index (χ4n) is 1.25. The molecule has 1 fully saturated rings. The van der Waals surface area contributed by atoms with E-state index in [0.29, 0.717) is 13.1 Å². The Morgan fingerprint density at radius 2 is 2.45 bits per heavy atom. The first-order chi connectivity index (χ1) is 5.22. The third-order valence-corrected chi connectivity index (χ3v) is 1.72. The zero-order chi connectivity index (χ0) is 8.27. The summed E-state index contributed by atoms with van der Waals surface area (Å²) >= 11 is 0. The van der Waals surface area contributed by atoms with Crippen molar-refractivity contribution in [2.75, 3.05) is 13.1 Å². The molecule has 4 nitrogen and oxygen atoms in total. The van der Waals surface area contributed by atoms with Crippen molar-refractivity contribution in [1.82, 2.24) is 10.2 Å². The second kappa shape index (κ2) is 3.37. The Balaban J connectivity index is 2.29. The second-order valence-corrected chi connectivity index (χ2v) is 2.72. The molecule has 0 bridgehead atoms. The van der Waals surface area contributed by atoms with Gasteiger partial charge in [-0.15, -0.1) is 0 Å². The molecule has 4 heteroatoms. The molecule has 0 spiro atoms. The molecule has 0 aromatic rings. The zero-order valence-corrected chi connectivity index (χ0v) is 6.46. The molecule has 1 saturated heterocycles. The summed E-state index contributed by atoms with van der Waals surface area (Å²) in [5.41, 5.74) is 0. The van der Waals surface area contributed by atoms with Crippen molar-refractivity contribution in [2.45, 2.75) is 19.4 Å². The van der Waals surface area contributed by atoms with E-state index in [-0.39, 0.29) is 11.9 Å². The number of rotatable bonds is 2. The topological polar surface area (TPSA) is 49.4 Å². The van der Waals surface area contributed by atoms with Gasteiger partial charge in [-0.2, -0.15) is 0 Å². The number of nitrogens with zero attached hydrogens (tertiary/aromatic N) is 1. The van der Waals surface area contributed by atoms with Gasteiger partial charge >= 0.3 is 6.41 Å². The van der Waals surface area contributed by atoms with Crippen molar-refractivity contribution in [3.05, 3.63) is 0 Å². The van der Waals surface area contributed by atoms with Gasteiger partial charge in [-0.05, 0) is 6.42 Å². The summed E-state index contributed by atoms with van der Waals surface area (Å²) in [4.78, 5) is 22.2. The Hall–Kier alpha value is -1.06. The number of carbonyl (C=O) groups excluding carboxylic acids is 2. The molecule has 61 valence electrons. The van der Waals surface area contributed by atoms with Crippen LogP contribution in [0.4, 0.5) is 0 Å². The van der Waals surface area contributed by atoms with E-state index in [0.717, 1.165) is 6.42 Å². The van der Waals surface area contributed by atoms with Crippen molar-refractivity contribution in [3.8, 4) is 0 Å². The van der Waals surface area contributed by atoms with E-state index >= 15 is 0 Å². The number of amides is 2. The normalized spacial score (nSPS) is 23.4. The third-order valence-electron chi connectivity index (χ3n) is 1.72. The van der Waals surface area contributed by atoms with E-state index in [1.54, 1.807) is 11.3 Å². The van der Waals surface area contributed by atoms with Crippen molar-refractivity contribution in [3.63, 3.8) is 0 Å². The van der Waals surface area contributed by atoms with E-state index in [9.17, 15) is 9.59 Å². The predicted molar refractivity (Wildman–Crippen MR) is 39.5 cm³/mol. The molecule has 11 heavy (non-hydrogen) atoms. The maximum absolute atomic E-state index is 10.6. The standard InChI is InChI=1S/C7H11N2O2/c1-6(11)8-7-2-3-9(4-7)5-10/h7H,2-4H2,1H3,(H,8,11). The van der Waals surface area contributed by atoms with Gasteiger partial charge in [-0.1, -0.05) is 0 Å². The Bertz CT molecular complexity index is 170. The molecular weight excluding hydrogens is 144 g/mol. The maximum atomic E-state index is 10.6. The Kier molecular flexibility index (Phi) is 2.46. The highest BCUT2D eigenvalue weighted by molar-refractivity contribution is 5.73. The van der Waals surface area contributed by atoms with Crippen LogP contribution < -0.4 is 5.32 Å². The molecule has 1 N–H and O–H groups in total. The van der Waals surface area contributed by atoms with E-state index in [1.165, 1.54) is 6.92 Å². The van der Waals surface area contributed by atoms with Gasteiger partial charge in [-0.3, -0.25) is 9.59 Å². The molecule has 0 aliphatic carbocycles. The lowest BCUT2D eigenvalue weighted by molar-refractivity contribution is -0.119. The molecule has 1 unspecified atom stereocenters. The maximum Gasteiger partial charge on any atom is 0.312 e. The van der Waals surface area contributed by atoms with Crippen molar-refractivity contribution in [2.24, 2.45) is 0 Å². The molecule has 1 aliphatic heterocycles. The van der Waals surface area contributed by atoms with Crippen molar-refractivity contribution >= 4 is 12.3 Å². The Morgan fingerprint density at radius 1 is 1.73 bits per heavy atom. The first-order valence-electron chi connectivity index (χ1n) is 3.62. The summed E-state index contributed by atoms with van der Waals surface area (Å²) < 4.78 is 0. The van der Waals surface area contributed by atoms with Crippen molar-refractivity contribution < 1.29 is 9.59 Å². The number of carbonyl (C=O) groups is 1. The van der Waals surface area contributed by atoms with E-state index in [4.69, 9.17) is 0 Å². The smallest absolute Gasteiger partial charge is 0.312 e. The molecule has 2 amide bonds. The zero-order valence-electron chi connectivity index (χ0n) is 6.46. The lowest BCUT2D eigenvalue weighted by Crippen LogP contribution is -2.35. The van der Waals surface area contributed by atoms with E-state index in [1.807, 2.05) is 0 Å². The quantitative estimate of drug-likeness (QED) is 0.571. The molecular formula is C7H11N2O2. The van der Waals surface area contributed by atoms with Crippen LogP contribution in [0, 0.1) is 0 Å². The summed E-state index contributed by atoms with van der Waals surface area (Å²) in [5.74, 6) is -0.0391. The lowest BCUT2D eigenvalue weighted by atomic mass is 10.3. The monoisotopic (exact) mass is 155 g/mol. The van der Waals surface area contributed by atoms with Gasteiger partial charge in [0.15, 0.2) is 0 Å². The highest BCUT2D eigenvalue weighted by Gasteiger charge is 2.21. The third kappa shape index (κ3) is 2.22. The Labute approximate surface area is 65.6 Å². The van der Waals surface area contributed by atoms with Gasteiger partial charge in [0.25, 0.3) is 0 Å². The van der Waals surface area contributed by atoms with Crippen LogP contribution >= 0.6 is 0 Å². The molecule has 1 rings (SSSR count). The number of hydrogen-bond donors (Lipinski definition) is 1. The van der Waals surface area contributed by atoms with Crippen LogP contribution in [-0.4, -0.2) is 36.3 Å². The second-order valence-electron chi connectivity index (χ2n) is 2.72. The number of hydrogen-bond acceptors (Lipinski definition) is 2. The average molecular weight is 155 g/mol. The van der Waals surface area contributed by atoms with E-state index in [2.05, 4.69) is 5.32 Å². The molecule has 1 atom stereocenters. The highest BCUT2D eigenvalue weighted by Crippen LogP contribution is 2.05. The predicted octanol–water partition coefficient (Wildman–Crippen LogP) is -0.736. The Morgan fingerprint density at radius 3 is 2.91 bits per heavy atom. The molecule has 1 heterocycles. The van der Waals surface area contributed by atoms with Gasteiger partial charge in [0.1, 0.15) is 0 Å². The van der Waals surface area contributed by atoms with Crippen LogP contribution in [0.3, 0.4) is 0 Å².